The SMILES string of the molecule is [C-]#[N+]c1ccc(N2C(=O)C(C)(C)N(CCCOc3ccc(S(=O)(=O)N4CCCC4)cc3)C2=S)cc1C(F)(F)F. The Morgan fingerprint density at radius 2 is 1.74 bits per heavy atom. The molecule has 0 radical (unpaired) electrons. The second-order valence-electron chi connectivity index (χ2n) is 9.73. The molecule has 0 aromatic heterocycles. The van der Waals surface area contributed by atoms with E-state index < -0.39 is 38.9 Å². The molecule has 2 aromatic carbocycles. The van der Waals surface area contributed by atoms with Crippen LogP contribution in [0.2, 0.25) is 0 Å². The lowest BCUT2D eigenvalue weighted by Gasteiger charge is -2.29. The van der Waals surface area contributed by atoms with E-state index in [-0.39, 0.29) is 22.3 Å². The lowest BCUT2D eigenvalue weighted by atomic mass is 10.0. The van der Waals surface area contributed by atoms with Crippen molar-refractivity contribution in [3.8, 4) is 5.75 Å². The highest BCUT2D eigenvalue weighted by Gasteiger charge is 2.49. The van der Waals surface area contributed by atoms with Crippen LogP contribution in [0.5, 0.6) is 5.75 Å². The molecular formula is C26H27F3N4O4S2. The van der Waals surface area contributed by atoms with E-state index >= 15 is 0 Å². The summed E-state index contributed by atoms with van der Waals surface area (Å²) in [5.74, 6) is 0.00261. The van der Waals surface area contributed by atoms with Crippen LogP contribution in [0.25, 0.3) is 4.85 Å². The number of rotatable bonds is 8. The zero-order valence-corrected chi connectivity index (χ0v) is 23.0. The highest BCUT2D eigenvalue weighted by molar-refractivity contribution is 7.89. The van der Waals surface area contributed by atoms with Gasteiger partial charge in [-0.05, 0) is 81.7 Å². The maximum absolute atomic E-state index is 13.5. The third-order valence-electron chi connectivity index (χ3n) is 6.81. The van der Waals surface area contributed by atoms with Crippen LogP contribution in [0.4, 0.5) is 24.5 Å². The van der Waals surface area contributed by atoms with Crippen molar-refractivity contribution in [3.63, 3.8) is 0 Å². The summed E-state index contributed by atoms with van der Waals surface area (Å²) in [5, 5.41) is 0.0603. The topological polar surface area (TPSA) is 74.5 Å². The molecule has 0 N–H and O–H groups in total. The van der Waals surface area contributed by atoms with Gasteiger partial charge in [-0.15, -0.1) is 0 Å². The molecule has 0 spiro atoms. The van der Waals surface area contributed by atoms with Crippen LogP contribution in [0, 0.1) is 6.57 Å². The molecule has 0 unspecified atom stereocenters. The molecule has 2 heterocycles. The van der Waals surface area contributed by atoms with Gasteiger partial charge >= 0.3 is 6.18 Å². The van der Waals surface area contributed by atoms with Gasteiger partial charge in [-0.3, -0.25) is 9.69 Å². The molecular weight excluding hydrogens is 553 g/mol. The Labute approximate surface area is 230 Å². The second-order valence-corrected chi connectivity index (χ2v) is 12.0. The van der Waals surface area contributed by atoms with Crippen LogP contribution in [0.3, 0.4) is 0 Å². The monoisotopic (exact) mass is 580 g/mol. The van der Waals surface area contributed by atoms with E-state index in [1.807, 2.05) is 0 Å². The summed E-state index contributed by atoms with van der Waals surface area (Å²) in [6, 6.07) is 9.27. The van der Waals surface area contributed by atoms with E-state index in [1.165, 1.54) is 22.5 Å². The number of halogens is 3. The normalized spacial score (nSPS) is 18.1. The molecule has 2 aliphatic heterocycles. The summed E-state index contributed by atoms with van der Waals surface area (Å²) in [6.45, 7) is 11.9. The summed E-state index contributed by atoms with van der Waals surface area (Å²) in [5.41, 5.74) is -2.85. The number of hydrogen-bond donors (Lipinski definition) is 0. The molecule has 0 atom stereocenters. The van der Waals surface area contributed by atoms with E-state index in [2.05, 4.69) is 4.85 Å². The third kappa shape index (κ3) is 5.59. The van der Waals surface area contributed by atoms with Crippen LogP contribution >= 0.6 is 12.2 Å². The van der Waals surface area contributed by atoms with Gasteiger partial charge in [0.2, 0.25) is 10.0 Å². The number of alkyl halides is 3. The van der Waals surface area contributed by atoms with Crippen LogP contribution in [0.15, 0.2) is 47.4 Å². The summed E-state index contributed by atoms with van der Waals surface area (Å²) in [6.07, 6.45) is -2.62. The van der Waals surface area contributed by atoms with Crippen molar-refractivity contribution in [1.82, 2.24) is 9.21 Å². The maximum Gasteiger partial charge on any atom is 0.407 e. The average Bonchev–Trinajstić information content (AvgIpc) is 3.49. The van der Waals surface area contributed by atoms with E-state index in [9.17, 15) is 26.4 Å². The number of nitrogens with zero attached hydrogens (tertiary/aromatic N) is 4. The number of thiocarbonyl (C=S) groups is 1. The Morgan fingerprint density at radius 3 is 2.33 bits per heavy atom. The average molecular weight is 581 g/mol. The molecule has 8 nitrogen and oxygen atoms in total. The fourth-order valence-electron chi connectivity index (χ4n) is 4.62. The minimum absolute atomic E-state index is 0.0551. The van der Waals surface area contributed by atoms with Gasteiger partial charge in [0.15, 0.2) is 10.8 Å². The van der Waals surface area contributed by atoms with Crippen molar-refractivity contribution < 1.29 is 31.1 Å². The molecule has 0 saturated carbocycles. The van der Waals surface area contributed by atoms with Gasteiger partial charge in [-0.1, -0.05) is 6.07 Å². The minimum Gasteiger partial charge on any atom is -0.494 e. The van der Waals surface area contributed by atoms with Gasteiger partial charge < -0.3 is 9.64 Å². The zero-order chi connectivity index (χ0) is 28.6. The van der Waals surface area contributed by atoms with Gasteiger partial charge in [0.25, 0.3) is 5.91 Å². The van der Waals surface area contributed by atoms with Gasteiger partial charge in [0, 0.05) is 25.3 Å². The van der Waals surface area contributed by atoms with Gasteiger partial charge in [0.1, 0.15) is 11.3 Å². The van der Waals surface area contributed by atoms with Gasteiger partial charge in [-0.2, -0.15) is 17.5 Å². The number of benzene rings is 2. The Hall–Kier alpha value is -3.21. The van der Waals surface area contributed by atoms with Crippen LogP contribution in [0.1, 0.15) is 38.7 Å². The van der Waals surface area contributed by atoms with E-state index in [1.54, 1.807) is 30.9 Å². The standard InChI is InChI=1S/C26H27F3N4O4S2/c1-25(2)23(34)33(18-7-12-22(30-3)21(17-18)26(27,28)29)24(38)32(25)15-6-16-37-19-8-10-20(11-9-19)39(35,36)31-13-4-5-14-31/h7-12,17H,4-6,13-16H2,1-2H3. The lowest BCUT2D eigenvalue weighted by Crippen LogP contribution is -2.44. The number of amides is 1. The molecule has 208 valence electrons. The number of ether oxygens (including phenoxy) is 1. The summed E-state index contributed by atoms with van der Waals surface area (Å²) >= 11 is 5.49. The number of anilines is 1. The van der Waals surface area contributed by atoms with Gasteiger partial charge in [-0.25, -0.2) is 13.3 Å². The van der Waals surface area contributed by atoms with Crippen molar-refractivity contribution in [1.29, 1.82) is 0 Å². The first-order valence-electron chi connectivity index (χ1n) is 12.3. The number of carbonyl (C=O) groups excluding carboxylic acids is 1. The Morgan fingerprint density at radius 1 is 1.10 bits per heavy atom. The maximum atomic E-state index is 13.5. The summed E-state index contributed by atoms with van der Waals surface area (Å²) < 4.78 is 73.0. The third-order valence-corrected chi connectivity index (χ3v) is 9.12. The first-order valence-corrected chi connectivity index (χ1v) is 14.1. The molecule has 0 aliphatic carbocycles. The van der Waals surface area contributed by atoms with Crippen molar-refractivity contribution in [2.24, 2.45) is 0 Å². The summed E-state index contributed by atoms with van der Waals surface area (Å²) in [7, 11) is -3.52. The fourth-order valence-corrected chi connectivity index (χ4v) is 6.65. The molecule has 2 fully saturated rings. The molecule has 4 rings (SSSR count). The number of carbonyl (C=O) groups is 1. The molecule has 13 heteroatoms. The second kappa shape index (κ2) is 10.7. The van der Waals surface area contributed by atoms with Crippen LogP contribution in [-0.4, -0.2) is 60.4 Å². The molecule has 2 saturated heterocycles. The number of sulfonamides is 1. The molecule has 1 amide bonds. The van der Waals surface area contributed by atoms with Crippen molar-refractivity contribution in [2.75, 3.05) is 31.1 Å². The van der Waals surface area contributed by atoms with Crippen molar-refractivity contribution in [3.05, 3.63) is 59.4 Å². The predicted octanol–water partition coefficient (Wildman–Crippen LogP) is 5.22. The summed E-state index contributed by atoms with van der Waals surface area (Å²) in [4.78, 5) is 19.0. The molecule has 2 aliphatic rings. The van der Waals surface area contributed by atoms with Crippen LogP contribution in [-0.2, 0) is 21.0 Å². The first kappa shape index (κ1) is 28.8. The molecule has 2 aromatic rings. The van der Waals surface area contributed by atoms with Crippen molar-refractivity contribution in [2.45, 2.75) is 49.7 Å². The largest absolute Gasteiger partial charge is 0.494 e. The zero-order valence-electron chi connectivity index (χ0n) is 21.4. The van der Waals surface area contributed by atoms with E-state index in [4.69, 9.17) is 23.5 Å². The highest BCUT2D eigenvalue weighted by atomic mass is 32.2. The highest BCUT2D eigenvalue weighted by Crippen LogP contribution is 2.41. The minimum atomic E-state index is -4.76. The first-order chi connectivity index (χ1) is 18.3. The smallest absolute Gasteiger partial charge is 0.407 e. The Kier molecular flexibility index (Phi) is 7.93. The quantitative estimate of drug-likeness (QED) is 0.242. The number of hydrogen-bond acceptors (Lipinski definition) is 5. The Bertz CT molecular complexity index is 1410. The fraction of sp³-hybridized carbons (Fsp3) is 0.423. The van der Waals surface area contributed by atoms with Crippen LogP contribution < -0.4 is 9.64 Å². The lowest BCUT2D eigenvalue weighted by molar-refractivity contribution is -0.136. The molecule has 0 bridgehead atoms. The van der Waals surface area contributed by atoms with E-state index in [0.29, 0.717) is 31.8 Å². The van der Waals surface area contributed by atoms with E-state index in [0.717, 1.165) is 29.9 Å². The molecule has 39 heavy (non-hydrogen) atoms. The van der Waals surface area contributed by atoms with Crippen molar-refractivity contribution >= 4 is 44.6 Å². The Balaban J connectivity index is 1.40. The van der Waals surface area contributed by atoms with Gasteiger partial charge in [0.05, 0.1) is 23.6 Å². The predicted molar refractivity (Wildman–Crippen MR) is 143 cm³/mol.